The Bertz CT molecular complexity index is 371. The van der Waals surface area contributed by atoms with Crippen molar-refractivity contribution in [2.24, 2.45) is 0 Å². The number of hydrogen-bond acceptors (Lipinski definition) is 2. The molecule has 1 aromatic carbocycles. The zero-order chi connectivity index (χ0) is 15.2. The Morgan fingerprint density at radius 1 is 0.739 bits per heavy atom. The molecule has 4 heteroatoms. The number of aryl methyl sites for hydroxylation is 1. The average molecular weight is 388 g/mol. The predicted molar refractivity (Wildman–Crippen MR) is 102 cm³/mol. The molecule has 0 heterocycles. The van der Waals surface area contributed by atoms with E-state index in [-0.39, 0.29) is 23.2 Å². The zero-order valence-electron chi connectivity index (χ0n) is 14.4. The Hall–Kier alpha value is -0.831. The molecule has 0 fully saturated rings. The van der Waals surface area contributed by atoms with Gasteiger partial charge in [-0.3, -0.25) is 4.79 Å². The van der Waals surface area contributed by atoms with Crippen LogP contribution in [0.25, 0.3) is 0 Å². The molecule has 0 aliphatic rings. The number of unbranched alkanes of at least 4 members (excludes halogenated alkanes) is 9. The molecular weight excluding hydrogens is 353 g/mol. The molecule has 0 spiro atoms. The topological polar surface area (TPSA) is 72.3 Å². The average Bonchev–Trinajstić information content (AvgIpc) is 2.49. The summed E-state index contributed by atoms with van der Waals surface area (Å²) in [5, 5.41) is 8.53. The van der Waals surface area contributed by atoms with Crippen molar-refractivity contribution in [2.45, 2.75) is 77.0 Å². The van der Waals surface area contributed by atoms with Gasteiger partial charge in [-0.2, -0.15) is 0 Å². The third-order valence-electron chi connectivity index (χ3n) is 3.95. The first-order valence-corrected chi connectivity index (χ1v) is 8.55. The van der Waals surface area contributed by atoms with Crippen LogP contribution in [0.1, 0.15) is 76.2 Å². The van der Waals surface area contributed by atoms with Crippen LogP contribution in [0.2, 0.25) is 0 Å². The molecule has 0 radical (unpaired) electrons. The summed E-state index contributed by atoms with van der Waals surface area (Å²) in [4.78, 5) is 10.4. The Labute approximate surface area is 152 Å². The van der Waals surface area contributed by atoms with Crippen LogP contribution in [-0.4, -0.2) is 28.1 Å². The molecule has 134 valence electrons. The standard InChI is InChI=1S/C19H30O2.H3N.H2Se/c20-19(21)17-13-8-6-4-2-1-3-5-7-10-14-18-15-11-9-12-16-18;;/h9,11-12,15-16H,1-8,10,13-14,17H2,(H,20,21);1H3;1H2. The van der Waals surface area contributed by atoms with Gasteiger partial charge in [0.1, 0.15) is 0 Å². The second kappa shape index (κ2) is 17.5. The number of carbonyl (C=O) groups is 1. The minimum absolute atomic E-state index is 0. The van der Waals surface area contributed by atoms with E-state index in [0.717, 1.165) is 12.8 Å². The molecule has 0 saturated carbocycles. The van der Waals surface area contributed by atoms with Crippen LogP contribution >= 0.6 is 0 Å². The van der Waals surface area contributed by atoms with Gasteiger partial charge in [-0.15, -0.1) is 0 Å². The van der Waals surface area contributed by atoms with Crippen LogP contribution in [0.3, 0.4) is 0 Å². The van der Waals surface area contributed by atoms with E-state index >= 15 is 0 Å². The number of carboxylic acids is 1. The number of aliphatic carboxylic acids is 1. The molecular formula is C19H35NO2Se. The molecule has 0 unspecified atom stereocenters. The van der Waals surface area contributed by atoms with Crippen molar-refractivity contribution in [1.29, 1.82) is 0 Å². The summed E-state index contributed by atoms with van der Waals surface area (Å²) in [6.45, 7) is 0. The number of rotatable bonds is 13. The molecule has 4 N–H and O–H groups in total. The summed E-state index contributed by atoms with van der Waals surface area (Å²) < 4.78 is 0. The summed E-state index contributed by atoms with van der Waals surface area (Å²) in [6.07, 6.45) is 13.9. The minimum atomic E-state index is -0.662. The molecule has 0 atom stereocenters. The first-order valence-electron chi connectivity index (χ1n) is 8.55. The van der Waals surface area contributed by atoms with Crippen molar-refractivity contribution in [3.8, 4) is 0 Å². The third-order valence-corrected chi connectivity index (χ3v) is 3.95. The van der Waals surface area contributed by atoms with Crippen molar-refractivity contribution in [3.63, 3.8) is 0 Å². The fraction of sp³-hybridized carbons (Fsp3) is 0.632. The molecule has 1 rings (SSSR count). The van der Waals surface area contributed by atoms with Crippen LogP contribution in [0.5, 0.6) is 0 Å². The van der Waals surface area contributed by atoms with E-state index in [1.165, 1.54) is 63.4 Å². The molecule has 0 aliphatic heterocycles. The fourth-order valence-electron chi connectivity index (χ4n) is 2.66. The van der Waals surface area contributed by atoms with Gasteiger partial charge in [0, 0.05) is 6.42 Å². The summed E-state index contributed by atoms with van der Waals surface area (Å²) in [7, 11) is 0. The first-order chi connectivity index (χ1) is 10.3. The molecule has 23 heavy (non-hydrogen) atoms. The maximum absolute atomic E-state index is 10.4. The Balaban J connectivity index is 0. The van der Waals surface area contributed by atoms with E-state index in [2.05, 4.69) is 30.3 Å². The second-order valence-electron chi connectivity index (χ2n) is 5.91. The van der Waals surface area contributed by atoms with E-state index in [1.807, 2.05) is 0 Å². The Kier molecular flexibility index (Phi) is 18.6. The van der Waals surface area contributed by atoms with E-state index < -0.39 is 5.97 Å². The van der Waals surface area contributed by atoms with Gasteiger partial charge in [-0.1, -0.05) is 81.7 Å². The summed E-state index contributed by atoms with van der Waals surface area (Å²) in [6, 6.07) is 10.7. The molecule has 0 aromatic heterocycles. The molecule has 3 nitrogen and oxygen atoms in total. The van der Waals surface area contributed by atoms with Gasteiger partial charge in [0.15, 0.2) is 0 Å². The van der Waals surface area contributed by atoms with Gasteiger partial charge in [0.05, 0.1) is 0 Å². The van der Waals surface area contributed by atoms with E-state index in [9.17, 15) is 4.79 Å². The molecule has 0 saturated heterocycles. The van der Waals surface area contributed by atoms with Crippen molar-refractivity contribution in [1.82, 2.24) is 6.15 Å². The van der Waals surface area contributed by atoms with Gasteiger partial charge in [-0.05, 0) is 24.8 Å². The Morgan fingerprint density at radius 2 is 1.17 bits per heavy atom. The van der Waals surface area contributed by atoms with Crippen molar-refractivity contribution in [2.75, 3.05) is 0 Å². The molecule has 0 bridgehead atoms. The summed E-state index contributed by atoms with van der Waals surface area (Å²) in [5.74, 6) is -0.662. The van der Waals surface area contributed by atoms with Crippen molar-refractivity contribution >= 4 is 23.0 Å². The normalized spacial score (nSPS) is 9.74. The van der Waals surface area contributed by atoms with Gasteiger partial charge in [0.2, 0.25) is 0 Å². The van der Waals surface area contributed by atoms with Crippen molar-refractivity contribution in [3.05, 3.63) is 35.9 Å². The zero-order valence-corrected chi connectivity index (χ0v) is 16.5. The molecule has 0 aliphatic carbocycles. The third kappa shape index (κ3) is 15.8. The predicted octanol–water partition coefficient (Wildman–Crippen LogP) is 4.85. The van der Waals surface area contributed by atoms with Crippen LogP contribution in [0.4, 0.5) is 0 Å². The molecule has 1 aromatic rings. The van der Waals surface area contributed by atoms with E-state index in [1.54, 1.807) is 0 Å². The van der Waals surface area contributed by atoms with E-state index in [0.29, 0.717) is 6.42 Å². The quantitative estimate of drug-likeness (QED) is 0.375. The van der Waals surface area contributed by atoms with Gasteiger partial charge >= 0.3 is 23.0 Å². The number of hydrogen-bond donors (Lipinski definition) is 2. The van der Waals surface area contributed by atoms with Gasteiger partial charge < -0.3 is 11.3 Å². The second-order valence-corrected chi connectivity index (χ2v) is 5.91. The van der Waals surface area contributed by atoms with Crippen molar-refractivity contribution < 1.29 is 9.90 Å². The monoisotopic (exact) mass is 389 g/mol. The fourth-order valence-corrected chi connectivity index (χ4v) is 2.66. The molecule has 0 amide bonds. The van der Waals surface area contributed by atoms with Crippen LogP contribution in [0, 0.1) is 0 Å². The maximum atomic E-state index is 10.4. The number of benzene rings is 1. The summed E-state index contributed by atoms with van der Waals surface area (Å²) in [5.41, 5.74) is 1.46. The van der Waals surface area contributed by atoms with Gasteiger partial charge in [0.25, 0.3) is 0 Å². The Morgan fingerprint density at radius 3 is 1.65 bits per heavy atom. The SMILES string of the molecule is N.O=C(O)CCCCCCCCCCCCc1ccccc1.[SeH2]. The van der Waals surface area contributed by atoms with Crippen LogP contribution in [-0.2, 0) is 11.2 Å². The summed E-state index contributed by atoms with van der Waals surface area (Å²) >= 11 is 0. The van der Waals surface area contributed by atoms with Gasteiger partial charge in [-0.25, -0.2) is 0 Å². The van der Waals surface area contributed by atoms with E-state index in [4.69, 9.17) is 5.11 Å². The van der Waals surface area contributed by atoms with Crippen LogP contribution < -0.4 is 6.15 Å². The van der Waals surface area contributed by atoms with Crippen LogP contribution in [0.15, 0.2) is 30.3 Å². The first kappa shape index (κ1) is 24.4. The number of carboxylic acid groups (broad SMARTS) is 1.